The molecule has 0 saturated carbocycles. The van der Waals surface area contributed by atoms with Gasteiger partial charge in [0.15, 0.2) is 11.5 Å². The molecule has 2 aliphatic heterocycles. The van der Waals surface area contributed by atoms with Gasteiger partial charge in [-0.1, -0.05) is 36.4 Å². The molecule has 37 heavy (non-hydrogen) atoms. The predicted molar refractivity (Wildman–Crippen MR) is 131 cm³/mol. The Morgan fingerprint density at radius 3 is 2.27 bits per heavy atom. The molecule has 4 aromatic rings. The highest BCUT2D eigenvalue weighted by molar-refractivity contribution is 5.54. The molecule has 3 N–H and O–H groups in total. The van der Waals surface area contributed by atoms with Crippen molar-refractivity contribution in [3.8, 4) is 28.7 Å². The minimum Gasteiger partial charge on any atom is -0.508 e. The first kappa shape index (κ1) is 22.7. The van der Waals surface area contributed by atoms with Crippen LogP contribution in [-0.2, 0) is 12.2 Å². The smallest absolute Gasteiger partial charge is 0.305 e. The largest absolute Gasteiger partial charge is 0.508 e. The monoisotopic (exact) mass is 499 g/mol. The molecule has 2 heterocycles. The van der Waals surface area contributed by atoms with E-state index in [0.717, 1.165) is 0 Å². The number of phenolic OH excluding ortho intramolecular Hbond substituents is 2. The number of rotatable bonds is 4. The van der Waals surface area contributed by atoms with Gasteiger partial charge in [-0.15, -0.1) is 0 Å². The second-order valence-electron chi connectivity index (χ2n) is 8.95. The van der Waals surface area contributed by atoms with E-state index in [0.29, 0.717) is 33.8 Å². The topological polar surface area (TPSA) is 132 Å². The van der Waals surface area contributed by atoms with Gasteiger partial charge in [0.25, 0.3) is 5.69 Å². The third-order valence-corrected chi connectivity index (χ3v) is 6.60. The van der Waals surface area contributed by atoms with Crippen LogP contribution >= 0.6 is 0 Å². The van der Waals surface area contributed by atoms with Crippen LogP contribution in [0.25, 0.3) is 0 Å². The summed E-state index contributed by atoms with van der Waals surface area (Å²) in [5, 5.41) is 42.0. The van der Waals surface area contributed by atoms with Gasteiger partial charge in [0, 0.05) is 47.4 Å². The average molecular weight is 499 g/mol. The zero-order valence-electron chi connectivity index (χ0n) is 19.3. The molecule has 0 aromatic heterocycles. The van der Waals surface area contributed by atoms with Gasteiger partial charge in [0.05, 0.1) is 11.0 Å². The molecule has 0 saturated heterocycles. The number of nitro benzene ring substituents is 1. The van der Waals surface area contributed by atoms with Crippen molar-refractivity contribution in [3.63, 3.8) is 0 Å². The number of fused-ring (bicyclic) bond motifs is 2. The molecule has 6 rings (SSSR count). The molecule has 9 nitrogen and oxygen atoms in total. The molecule has 4 aromatic carbocycles. The highest BCUT2D eigenvalue weighted by Crippen LogP contribution is 2.50. The van der Waals surface area contributed by atoms with E-state index in [1.807, 2.05) is 30.3 Å². The SMILES string of the molecule is O=[N+]([O-])c1ccc(C2(c3ccccc3)Oc3ccc([C@H]4Oc5cc(O)cc(O)c5C[C@@H]4O)cc3O2)cc1. The summed E-state index contributed by atoms with van der Waals surface area (Å²) in [5.74, 6) is -0.531. The molecule has 0 bridgehead atoms. The van der Waals surface area contributed by atoms with E-state index in [1.165, 1.54) is 24.3 Å². The fourth-order valence-electron chi connectivity index (χ4n) is 4.81. The van der Waals surface area contributed by atoms with E-state index in [4.69, 9.17) is 14.2 Å². The van der Waals surface area contributed by atoms with Crippen molar-refractivity contribution in [3.05, 3.63) is 117 Å². The van der Waals surface area contributed by atoms with Gasteiger partial charge >= 0.3 is 5.79 Å². The maximum Gasteiger partial charge on any atom is 0.305 e. The van der Waals surface area contributed by atoms with Crippen LogP contribution in [-0.4, -0.2) is 26.3 Å². The van der Waals surface area contributed by atoms with Gasteiger partial charge in [-0.2, -0.15) is 0 Å². The summed E-state index contributed by atoms with van der Waals surface area (Å²) in [6, 6.07) is 23.0. The number of aliphatic hydroxyl groups excluding tert-OH is 1. The standard InChI is InChI=1S/C28H21NO8/c30-20-13-22(31)21-15-23(32)27(35-25(21)14-20)16-6-11-24-26(12-16)37-28(36-24,17-4-2-1-3-5-17)18-7-9-19(10-8-18)29(33)34/h1-14,23,27,30-32H,15H2/t23-,27+,28?/m0/s1. The summed E-state index contributed by atoms with van der Waals surface area (Å²) in [7, 11) is 0. The number of non-ortho nitro benzene ring substituents is 1. The van der Waals surface area contributed by atoms with Gasteiger partial charge in [0.1, 0.15) is 23.4 Å². The maximum atomic E-state index is 11.2. The number of hydrogen-bond acceptors (Lipinski definition) is 8. The molecule has 186 valence electrons. The quantitative estimate of drug-likeness (QED) is 0.272. The summed E-state index contributed by atoms with van der Waals surface area (Å²) in [6.07, 6.45) is -1.61. The van der Waals surface area contributed by atoms with E-state index >= 15 is 0 Å². The normalized spacial score (nSPS) is 21.6. The highest BCUT2D eigenvalue weighted by Gasteiger charge is 2.46. The first-order chi connectivity index (χ1) is 17.8. The minimum atomic E-state index is -1.38. The first-order valence-corrected chi connectivity index (χ1v) is 11.6. The molecule has 2 aliphatic rings. The molecular formula is C28H21NO8. The third kappa shape index (κ3) is 3.76. The van der Waals surface area contributed by atoms with Gasteiger partial charge < -0.3 is 29.5 Å². The Morgan fingerprint density at radius 2 is 1.54 bits per heavy atom. The van der Waals surface area contributed by atoms with Crippen LogP contribution in [0.3, 0.4) is 0 Å². The van der Waals surface area contributed by atoms with Crippen LogP contribution in [0.5, 0.6) is 28.7 Å². The summed E-state index contributed by atoms with van der Waals surface area (Å²) < 4.78 is 18.8. The predicted octanol–water partition coefficient (Wildman–Crippen LogP) is 4.72. The lowest BCUT2D eigenvalue weighted by atomic mass is 9.94. The molecule has 0 aliphatic carbocycles. The van der Waals surface area contributed by atoms with E-state index < -0.39 is 22.9 Å². The lowest BCUT2D eigenvalue weighted by Crippen LogP contribution is -2.36. The summed E-state index contributed by atoms with van der Waals surface area (Å²) in [4.78, 5) is 10.7. The summed E-state index contributed by atoms with van der Waals surface area (Å²) >= 11 is 0. The first-order valence-electron chi connectivity index (χ1n) is 11.6. The van der Waals surface area contributed by atoms with Crippen molar-refractivity contribution < 1.29 is 34.5 Å². The van der Waals surface area contributed by atoms with E-state index in [1.54, 1.807) is 30.3 Å². The molecule has 0 fully saturated rings. The number of ether oxygens (including phenoxy) is 3. The number of aromatic hydroxyl groups is 2. The number of nitrogens with zero attached hydrogens (tertiary/aromatic N) is 1. The zero-order chi connectivity index (χ0) is 25.7. The highest BCUT2D eigenvalue weighted by atomic mass is 16.7. The minimum absolute atomic E-state index is 0.0504. The Bertz CT molecular complexity index is 1510. The van der Waals surface area contributed by atoms with Crippen LogP contribution in [0.1, 0.15) is 28.4 Å². The van der Waals surface area contributed by atoms with Crippen LogP contribution < -0.4 is 14.2 Å². The summed E-state index contributed by atoms with van der Waals surface area (Å²) in [5.41, 5.74) is 2.23. The Balaban J connectivity index is 1.37. The van der Waals surface area contributed by atoms with E-state index in [2.05, 4.69) is 0 Å². The number of nitro groups is 1. The van der Waals surface area contributed by atoms with Crippen LogP contribution in [0.15, 0.2) is 84.9 Å². The van der Waals surface area contributed by atoms with Gasteiger partial charge in [-0.05, 0) is 29.8 Å². The Labute approximate surface area is 210 Å². The molecule has 0 amide bonds. The van der Waals surface area contributed by atoms with Gasteiger partial charge in [0.2, 0.25) is 0 Å². The van der Waals surface area contributed by atoms with Crippen LogP contribution in [0, 0.1) is 10.1 Å². The number of benzene rings is 4. The summed E-state index contributed by atoms with van der Waals surface area (Å²) in [6.45, 7) is 0. The molecule has 0 spiro atoms. The number of phenols is 2. The Kier molecular flexibility index (Phi) is 5.16. The Morgan fingerprint density at radius 1 is 0.838 bits per heavy atom. The number of hydrogen-bond donors (Lipinski definition) is 3. The van der Waals surface area contributed by atoms with Gasteiger partial charge in [-0.3, -0.25) is 10.1 Å². The lowest BCUT2D eigenvalue weighted by Gasteiger charge is -2.31. The molecule has 1 unspecified atom stereocenters. The molecule has 9 heteroatoms. The van der Waals surface area contributed by atoms with Crippen molar-refractivity contribution in [2.75, 3.05) is 0 Å². The molecule has 0 radical (unpaired) electrons. The lowest BCUT2D eigenvalue weighted by molar-refractivity contribution is -0.384. The fraction of sp³-hybridized carbons (Fsp3) is 0.143. The van der Waals surface area contributed by atoms with Crippen LogP contribution in [0.2, 0.25) is 0 Å². The maximum absolute atomic E-state index is 11.2. The third-order valence-electron chi connectivity index (χ3n) is 6.60. The van der Waals surface area contributed by atoms with E-state index in [9.17, 15) is 25.4 Å². The average Bonchev–Trinajstić information content (AvgIpc) is 3.29. The van der Waals surface area contributed by atoms with Crippen molar-refractivity contribution >= 4 is 5.69 Å². The fourth-order valence-corrected chi connectivity index (χ4v) is 4.81. The molecular weight excluding hydrogens is 478 g/mol. The van der Waals surface area contributed by atoms with Crippen LogP contribution in [0.4, 0.5) is 5.69 Å². The van der Waals surface area contributed by atoms with Crippen molar-refractivity contribution in [2.45, 2.75) is 24.4 Å². The Hall–Kier alpha value is -4.76. The van der Waals surface area contributed by atoms with Crippen molar-refractivity contribution in [1.82, 2.24) is 0 Å². The molecule has 3 atom stereocenters. The van der Waals surface area contributed by atoms with Gasteiger partial charge in [-0.25, -0.2) is 0 Å². The second kappa shape index (κ2) is 8.42. The number of aliphatic hydroxyl groups is 1. The van der Waals surface area contributed by atoms with E-state index in [-0.39, 0.29) is 29.4 Å². The van der Waals surface area contributed by atoms with Crippen molar-refractivity contribution in [2.24, 2.45) is 0 Å². The zero-order valence-corrected chi connectivity index (χ0v) is 19.3. The van der Waals surface area contributed by atoms with Crippen molar-refractivity contribution in [1.29, 1.82) is 0 Å². The second-order valence-corrected chi connectivity index (χ2v) is 8.95.